The number of anilines is 4. The van der Waals surface area contributed by atoms with E-state index in [1.807, 2.05) is 36.4 Å². The molecule has 0 fully saturated rings. The average molecular weight is 932 g/mol. The number of fused-ring (bicyclic) bond motifs is 4. The predicted octanol–water partition coefficient (Wildman–Crippen LogP) is 18.1. The van der Waals surface area contributed by atoms with E-state index >= 15 is 0 Å². The van der Waals surface area contributed by atoms with Crippen LogP contribution in [-0.4, -0.2) is 16.2 Å². The molecule has 352 valence electrons. The summed E-state index contributed by atoms with van der Waals surface area (Å²) >= 11 is 0. The normalized spacial score (nSPS) is 14.0. The van der Waals surface area contributed by atoms with E-state index in [9.17, 15) is 0 Å². The maximum atomic E-state index is 8.89. The van der Waals surface area contributed by atoms with Crippen LogP contribution >= 0.6 is 0 Å². The molecular weight excluding hydrogens is 865 g/mol. The van der Waals surface area contributed by atoms with Crippen LogP contribution < -0.4 is 14.5 Å². The lowest BCUT2D eigenvalue weighted by atomic mass is 9.80. The maximum Gasteiger partial charge on any atom is 0.137 e. The highest BCUT2D eigenvalue weighted by Gasteiger charge is 2.31. The fourth-order valence-electron chi connectivity index (χ4n) is 9.89. The zero-order valence-electron chi connectivity index (χ0n) is 47.1. The number of hydrogen-bond donors (Lipinski definition) is 0. The lowest BCUT2D eigenvalue weighted by Gasteiger charge is -2.29. The fraction of sp³-hybridized carbons (Fsp3) is 0.197. The lowest BCUT2D eigenvalue weighted by molar-refractivity contribution is 0.483. The molecule has 10 aromatic rings. The van der Waals surface area contributed by atoms with Crippen molar-refractivity contribution in [3.8, 4) is 50.7 Å². The van der Waals surface area contributed by atoms with Crippen molar-refractivity contribution in [2.45, 2.75) is 78.6 Å². The van der Waals surface area contributed by atoms with Crippen LogP contribution in [0.2, 0.25) is 0 Å². The van der Waals surface area contributed by atoms with E-state index in [0.717, 1.165) is 66.8 Å². The number of ether oxygens (including phenoxy) is 1. The summed E-state index contributed by atoms with van der Waals surface area (Å²) < 4.78 is 52.1. The van der Waals surface area contributed by atoms with Crippen LogP contribution in [0, 0.1) is 0 Å². The van der Waals surface area contributed by atoms with Crippen LogP contribution in [0.15, 0.2) is 200 Å². The third-order valence-electron chi connectivity index (χ3n) is 13.8. The third-order valence-corrected chi connectivity index (χ3v) is 13.8. The smallest absolute Gasteiger partial charge is 0.137 e. The maximum absolute atomic E-state index is 8.89. The highest BCUT2D eigenvalue weighted by molar-refractivity contribution is 6.11. The van der Waals surface area contributed by atoms with Gasteiger partial charge in [-0.2, -0.15) is 0 Å². The first-order chi connectivity index (χ1) is 36.1. The number of pyridine rings is 1. The first-order valence-electron chi connectivity index (χ1n) is 27.0. The molecular formula is C66H62N4O. The minimum absolute atomic E-state index is 0.0494. The van der Waals surface area contributed by atoms with E-state index < -0.39 is 11.5 Å². The Morgan fingerprint density at radius 2 is 1.10 bits per heavy atom. The number of hydrogen-bond acceptors (Lipinski definition) is 4. The average Bonchev–Trinajstić information content (AvgIpc) is 4.05. The number of rotatable bonds is 8. The molecule has 71 heavy (non-hydrogen) atoms. The van der Waals surface area contributed by atoms with Gasteiger partial charge in [0, 0.05) is 46.0 Å². The summed E-state index contributed by atoms with van der Waals surface area (Å²) in [5.41, 5.74) is 14.2. The predicted molar refractivity (Wildman–Crippen MR) is 300 cm³/mol. The Morgan fingerprint density at radius 1 is 0.465 bits per heavy atom. The summed E-state index contributed by atoms with van der Waals surface area (Å²) in [7, 11) is 0. The molecule has 0 unspecified atom stereocenters. The van der Waals surface area contributed by atoms with Crippen molar-refractivity contribution in [2.75, 3.05) is 16.5 Å². The van der Waals surface area contributed by atoms with E-state index in [0.29, 0.717) is 29.5 Å². The van der Waals surface area contributed by atoms with Gasteiger partial charge in [0.05, 0.1) is 29.3 Å². The molecule has 5 heteroatoms. The second kappa shape index (κ2) is 17.5. The Labute approximate surface area is 426 Å². The number of benzene rings is 8. The summed E-state index contributed by atoms with van der Waals surface area (Å²) in [5, 5.41) is 2.05. The van der Waals surface area contributed by atoms with Crippen molar-refractivity contribution in [3.63, 3.8) is 0 Å². The molecule has 0 amide bonds. The molecule has 0 N–H and O–H groups in total. The standard InChI is InChI=1S/C66H62N4O/c1-64(2,3)49-36-50(65(4,5)6)38-52(37-49)69-43-68(60-33-29-48(35-62(60)69)45-22-15-11-16-23-45)51-26-19-27-53(39-51)71-54-30-31-55-56-34-47(44-20-13-10-14-21-44)28-32-59(56)70(61(55)40-54)63-41-58(66(7,8)9)57(42-67-63)46-24-17-12-18-25-46/h10-42H,43H2,1-9H3/i12D,17D,18D,24D,25D. The molecule has 0 saturated carbocycles. The number of aromatic nitrogens is 2. The zero-order chi connectivity index (χ0) is 53.6. The first kappa shape index (κ1) is 39.9. The van der Waals surface area contributed by atoms with Crippen molar-refractivity contribution >= 4 is 44.6 Å². The Bertz CT molecular complexity index is 3840. The topological polar surface area (TPSA) is 33.5 Å². The Kier molecular flexibility index (Phi) is 9.84. The molecule has 0 radical (unpaired) electrons. The van der Waals surface area contributed by atoms with Gasteiger partial charge in [-0.05, 0) is 127 Å². The van der Waals surface area contributed by atoms with Gasteiger partial charge in [0.1, 0.15) is 24.0 Å². The highest BCUT2D eigenvalue weighted by atomic mass is 16.5. The van der Waals surface area contributed by atoms with Crippen molar-refractivity contribution < 1.29 is 11.6 Å². The van der Waals surface area contributed by atoms with Crippen LogP contribution in [0.3, 0.4) is 0 Å². The highest BCUT2D eigenvalue weighted by Crippen LogP contribution is 2.48. The summed E-state index contributed by atoms with van der Waals surface area (Å²) in [4.78, 5) is 9.89. The molecule has 0 bridgehead atoms. The summed E-state index contributed by atoms with van der Waals surface area (Å²) in [6.45, 7) is 20.5. The molecule has 11 rings (SSSR count). The molecule has 0 aliphatic carbocycles. The lowest BCUT2D eigenvalue weighted by Crippen LogP contribution is -2.25. The van der Waals surface area contributed by atoms with Crippen molar-refractivity contribution in [3.05, 3.63) is 217 Å². The first-order valence-corrected chi connectivity index (χ1v) is 24.5. The van der Waals surface area contributed by atoms with Gasteiger partial charge in [-0.1, -0.05) is 177 Å². The van der Waals surface area contributed by atoms with Gasteiger partial charge >= 0.3 is 0 Å². The van der Waals surface area contributed by atoms with Gasteiger partial charge in [-0.3, -0.25) is 4.57 Å². The summed E-state index contributed by atoms with van der Waals surface area (Å²) in [5.74, 6) is 1.96. The molecule has 8 aromatic carbocycles. The van der Waals surface area contributed by atoms with Gasteiger partial charge < -0.3 is 14.5 Å². The minimum atomic E-state index is -0.503. The van der Waals surface area contributed by atoms with E-state index in [1.165, 1.54) is 16.7 Å². The second-order valence-corrected chi connectivity index (χ2v) is 21.9. The van der Waals surface area contributed by atoms with Gasteiger partial charge in [0.2, 0.25) is 0 Å². The van der Waals surface area contributed by atoms with Crippen LogP contribution in [0.5, 0.6) is 11.5 Å². The van der Waals surface area contributed by atoms with E-state index in [4.69, 9.17) is 16.6 Å². The van der Waals surface area contributed by atoms with E-state index in [-0.39, 0.29) is 40.6 Å². The summed E-state index contributed by atoms with van der Waals surface area (Å²) in [6.07, 6.45) is 1.66. The molecule has 0 saturated heterocycles. The Hall–Kier alpha value is -7.89. The van der Waals surface area contributed by atoms with Crippen LogP contribution in [0.25, 0.3) is 61.0 Å². The molecule has 5 nitrogen and oxygen atoms in total. The summed E-state index contributed by atoms with van der Waals surface area (Å²) in [6, 6.07) is 56.1. The zero-order valence-corrected chi connectivity index (χ0v) is 42.1. The van der Waals surface area contributed by atoms with E-state index in [2.05, 4.69) is 204 Å². The van der Waals surface area contributed by atoms with E-state index in [1.54, 1.807) is 6.20 Å². The Morgan fingerprint density at radius 3 is 1.76 bits per heavy atom. The van der Waals surface area contributed by atoms with Crippen LogP contribution in [0.4, 0.5) is 22.7 Å². The third kappa shape index (κ3) is 8.75. The van der Waals surface area contributed by atoms with Gasteiger partial charge in [0.25, 0.3) is 0 Å². The van der Waals surface area contributed by atoms with Gasteiger partial charge in [0.15, 0.2) is 0 Å². The van der Waals surface area contributed by atoms with Crippen molar-refractivity contribution in [1.82, 2.24) is 9.55 Å². The molecule has 0 spiro atoms. The quantitative estimate of drug-likeness (QED) is 0.152. The molecule has 1 aliphatic heterocycles. The fourth-order valence-corrected chi connectivity index (χ4v) is 9.89. The van der Waals surface area contributed by atoms with Crippen LogP contribution in [0.1, 0.15) is 85.9 Å². The molecule has 3 heterocycles. The van der Waals surface area contributed by atoms with Gasteiger partial charge in [-0.15, -0.1) is 0 Å². The minimum Gasteiger partial charge on any atom is -0.457 e. The second-order valence-electron chi connectivity index (χ2n) is 21.9. The van der Waals surface area contributed by atoms with Gasteiger partial charge in [-0.25, -0.2) is 4.98 Å². The Balaban J connectivity index is 1.02. The monoisotopic (exact) mass is 932 g/mol. The van der Waals surface area contributed by atoms with Crippen LogP contribution in [-0.2, 0) is 16.2 Å². The van der Waals surface area contributed by atoms with Crippen molar-refractivity contribution in [1.29, 1.82) is 0 Å². The SMILES string of the molecule is [2H]c1c([2H])c([2H])c(-c2cnc(-n3c4ccc(-c5ccccc5)cc4c4ccc(Oc5cccc(N6CN(c7cc(C(C)(C)C)cc(C(C)(C)C)c7)c7cc(-c8ccccc8)ccc76)c5)cc43)cc2C(C)(C)C)c([2H])c1[2H]. The molecule has 1 aliphatic rings. The largest absolute Gasteiger partial charge is 0.457 e. The van der Waals surface area contributed by atoms with Crippen molar-refractivity contribution in [2.24, 2.45) is 0 Å². The molecule has 0 atom stereocenters. The molecule has 2 aromatic heterocycles. The number of nitrogens with zero attached hydrogens (tertiary/aromatic N) is 4.